The van der Waals surface area contributed by atoms with Crippen LogP contribution in [-0.4, -0.2) is 18.8 Å². The summed E-state index contributed by atoms with van der Waals surface area (Å²) in [6, 6.07) is 15.5. The molecule has 2 aromatic rings. The van der Waals surface area contributed by atoms with Crippen molar-refractivity contribution in [3.63, 3.8) is 0 Å². The molecule has 0 bridgehead atoms. The maximum Gasteiger partial charge on any atom is 0.313 e. The number of nitrogen functional groups attached to an aromatic ring is 1. The first-order valence-electron chi connectivity index (χ1n) is 6.73. The van der Waals surface area contributed by atoms with Crippen LogP contribution < -0.4 is 5.73 Å². The topological polar surface area (TPSA) is 52.3 Å². The van der Waals surface area contributed by atoms with Crippen molar-refractivity contribution in [3.05, 3.63) is 59.7 Å². The lowest BCUT2D eigenvalue weighted by Gasteiger charge is -2.15. The van der Waals surface area contributed by atoms with Gasteiger partial charge in [0, 0.05) is 16.3 Å². The van der Waals surface area contributed by atoms with Crippen LogP contribution in [0.2, 0.25) is 0 Å². The first kappa shape index (κ1) is 15.4. The van der Waals surface area contributed by atoms with E-state index in [1.807, 2.05) is 55.5 Å². The average molecular weight is 301 g/mol. The van der Waals surface area contributed by atoms with Crippen molar-refractivity contribution in [1.29, 1.82) is 0 Å². The van der Waals surface area contributed by atoms with Gasteiger partial charge in [-0.1, -0.05) is 36.4 Å². The van der Waals surface area contributed by atoms with E-state index in [1.165, 1.54) is 7.11 Å². The third-order valence-corrected chi connectivity index (χ3v) is 4.56. The Morgan fingerprint density at radius 3 is 2.62 bits per heavy atom. The Morgan fingerprint density at radius 1 is 1.24 bits per heavy atom. The van der Waals surface area contributed by atoms with Crippen molar-refractivity contribution in [2.75, 3.05) is 18.6 Å². The van der Waals surface area contributed by atoms with Gasteiger partial charge < -0.3 is 10.5 Å². The quantitative estimate of drug-likeness (QED) is 0.520. The highest BCUT2D eigenvalue weighted by atomic mass is 32.2. The van der Waals surface area contributed by atoms with Gasteiger partial charge in [0.25, 0.3) is 0 Å². The molecule has 110 valence electrons. The molecule has 1 atom stereocenters. The smallest absolute Gasteiger partial charge is 0.313 e. The van der Waals surface area contributed by atoms with Gasteiger partial charge in [0.2, 0.25) is 0 Å². The standard InChI is InChI=1S/C17H19NO2S/c1-12-8-9-14(18)10-16(12)21-11-15(17(19)20-2)13-6-4-3-5-7-13/h3-10,15H,11,18H2,1-2H3. The Hall–Kier alpha value is -1.94. The number of thioether (sulfide) groups is 1. The van der Waals surface area contributed by atoms with Crippen LogP contribution >= 0.6 is 11.8 Å². The number of benzene rings is 2. The van der Waals surface area contributed by atoms with Gasteiger partial charge in [-0.25, -0.2) is 0 Å². The minimum absolute atomic E-state index is 0.213. The van der Waals surface area contributed by atoms with Crippen LogP contribution in [0.5, 0.6) is 0 Å². The summed E-state index contributed by atoms with van der Waals surface area (Å²) in [6.45, 7) is 2.04. The summed E-state index contributed by atoms with van der Waals surface area (Å²) in [6.07, 6.45) is 0. The third kappa shape index (κ3) is 4.02. The van der Waals surface area contributed by atoms with Gasteiger partial charge >= 0.3 is 5.97 Å². The largest absolute Gasteiger partial charge is 0.469 e. The van der Waals surface area contributed by atoms with Gasteiger partial charge in [-0.05, 0) is 30.2 Å². The molecule has 4 heteroatoms. The fraction of sp³-hybridized carbons (Fsp3) is 0.235. The number of methoxy groups -OCH3 is 1. The number of carbonyl (C=O) groups excluding carboxylic acids is 1. The van der Waals surface area contributed by atoms with Gasteiger partial charge in [0.15, 0.2) is 0 Å². The molecule has 0 saturated carbocycles. The molecule has 0 heterocycles. The molecule has 1 unspecified atom stereocenters. The number of hydrogen-bond donors (Lipinski definition) is 1. The van der Waals surface area contributed by atoms with E-state index >= 15 is 0 Å². The normalized spacial score (nSPS) is 11.9. The molecule has 21 heavy (non-hydrogen) atoms. The highest BCUT2D eigenvalue weighted by Gasteiger charge is 2.21. The molecular formula is C17H19NO2S. The lowest BCUT2D eigenvalue weighted by atomic mass is 10.0. The van der Waals surface area contributed by atoms with E-state index < -0.39 is 0 Å². The molecule has 2 aromatic carbocycles. The Kier molecular flexibility index (Phi) is 5.28. The van der Waals surface area contributed by atoms with Crippen LogP contribution in [0.3, 0.4) is 0 Å². The average Bonchev–Trinajstić information content (AvgIpc) is 2.51. The second-order valence-corrected chi connectivity index (χ2v) is 5.88. The van der Waals surface area contributed by atoms with Crippen molar-refractivity contribution in [1.82, 2.24) is 0 Å². The van der Waals surface area contributed by atoms with Crippen LogP contribution in [-0.2, 0) is 9.53 Å². The molecule has 0 aliphatic carbocycles. The highest BCUT2D eigenvalue weighted by molar-refractivity contribution is 7.99. The molecule has 0 radical (unpaired) electrons. The molecule has 0 saturated heterocycles. The fourth-order valence-corrected chi connectivity index (χ4v) is 3.26. The van der Waals surface area contributed by atoms with Crippen molar-refractivity contribution in [2.45, 2.75) is 17.7 Å². The van der Waals surface area contributed by atoms with Crippen LogP contribution in [0.25, 0.3) is 0 Å². The van der Waals surface area contributed by atoms with Gasteiger partial charge in [-0.3, -0.25) is 4.79 Å². The number of esters is 1. The van der Waals surface area contributed by atoms with Gasteiger partial charge in [0.1, 0.15) is 0 Å². The summed E-state index contributed by atoms with van der Waals surface area (Å²) < 4.78 is 4.93. The Morgan fingerprint density at radius 2 is 1.95 bits per heavy atom. The maximum atomic E-state index is 12.0. The molecule has 0 aliphatic rings. The molecule has 2 N–H and O–H groups in total. The summed E-state index contributed by atoms with van der Waals surface area (Å²) >= 11 is 1.63. The molecular weight excluding hydrogens is 282 g/mol. The third-order valence-electron chi connectivity index (χ3n) is 3.31. The predicted octanol–water partition coefficient (Wildman–Crippen LogP) is 3.63. The molecule has 0 fully saturated rings. The fourth-order valence-electron chi connectivity index (χ4n) is 2.07. The first-order valence-corrected chi connectivity index (χ1v) is 7.72. The van der Waals surface area contributed by atoms with Gasteiger partial charge in [-0.2, -0.15) is 0 Å². The van der Waals surface area contributed by atoms with Crippen molar-refractivity contribution in [3.8, 4) is 0 Å². The van der Waals surface area contributed by atoms with Crippen LogP contribution in [0.1, 0.15) is 17.0 Å². The van der Waals surface area contributed by atoms with E-state index in [0.29, 0.717) is 5.75 Å². The Balaban J connectivity index is 2.16. The summed E-state index contributed by atoms with van der Waals surface area (Å²) in [5.74, 6) is 0.137. The summed E-state index contributed by atoms with van der Waals surface area (Å²) in [7, 11) is 1.43. The second kappa shape index (κ2) is 7.18. The number of ether oxygens (including phenoxy) is 1. The second-order valence-electron chi connectivity index (χ2n) is 4.82. The molecule has 0 amide bonds. The van der Waals surface area contributed by atoms with Crippen molar-refractivity contribution in [2.24, 2.45) is 0 Å². The number of anilines is 1. The summed E-state index contributed by atoms with van der Waals surface area (Å²) in [5.41, 5.74) is 8.69. The molecule has 0 aliphatic heterocycles. The van der Waals surface area contributed by atoms with E-state index in [2.05, 4.69) is 0 Å². The van der Waals surface area contributed by atoms with E-state index in [-0.39, 0.29) is 11.9 Å². The zero-order valence-corrected chi connectivity index (χ0v) is 13.0. The maximum absolute atomic E-state index is 12.0. The molecule has 0 spiro atoms. The number of rotatable bonds is 5. The Bertz CT molecular complexity index is 613. The van der Waals surface area contributed by atoms with E-state index in [4.69, 9.17) is 10.5 Å². The number of aryl methyl sites for hydroxylation is 1. The van der Waals surface area contributed by atoms with Crippen LogP contribution in [0.4, 0.5) is 5.69 Å². The molecule has 3 nitrogen and oxygen atoms in total. The van der Waals surface area contributed by atoms with Crippen LogP contribution in [0, 0.1) is 6.92 Å². The monoisotopic (exact) mass is 301 g/mol. The summed E-state index contributed by atoms with van der Waals surface area (Å²) in [4.78, 5) is 13.1. The lowest BCUT2D eigenvalue weighted by molar-refractivity contribution is -0.141. The number of carbonyl (C=O) groups is 1. The predicted molar refractivity (Wildman–Crippen MR) is 87.5 cm³/mol. The summed E-state index contributed by atoms with van der Waals surface area (Å²) in [5, 5.41) is 0. The van der Waals surface area contributed by atoms with Crippen LogP contribution in [0.15, 0.2) is 53.4 Å². The molecule has 2 rings (SSSR count). The number of hydrogen-bond acceptors (Lipinski definition) is 4. The lowest BCUT2D eigenvalue weighted by Crippen LogP contribution is -2.16. The molecule has 0 aromatic heterocycles. The minimum Gasteiger partial charge on any atom is -0.469 e. The number of nitrogens with two attached hydrogens (primary N) is 1. The first-order chi connectivity index (χ1) is 10.1. The Labute approximate surface area is 129 Å². The van der Waals surface area contributed by atoms with E-state index in [1.54, 1.807) is 11.8 Å². The van der Waals surface area contributed by atoms with Gasteiger partial charge in [0.05, 0.1) is 13.0 Å². The van der Waals surface area contributed by atoms with E-state index in [0.717, 1.165) is 21.7 Å². The zero-order valence-electron chi connectivity index (χ0n) is 12.2. The van der Waals surface area contributed by atoms with Crippen molar-refractivity contribution >= 4 is 23.4 Å². The minimum atomic E-state index is -0.276. The zero-order chi connectivity index (χ0) is 15.2. The SMILES string of the molecule is COC(=O)C(CSc1cc(N)ccc1C)c1ccccc1. The van der Waals surface area contributed by atoms with Gasteiger partial charge in [-0.15, -0.1) is 11.8 Å². The highest BCUT2D eigenvalue weighted by Crippen LogP contribution is 2.30. The van der Waals surface area contributed by atoms with Crippen molar-refractivity contribution < 1.29 is 9.53 Å². The van der Waals surface area contributed by atoms with E-state index in [9.17, 15) is 4.79 Å².